The van der Waals surface area contributed by atoms with Crippen molar-refractivity contribution < 1.29 is 24.2 Å². The van der Waals surface area contributed by atoms with E-state index in [4.69, 9.17) is 9.47 Å². The monoisotopic (exact) mass is 487 g/mol. The third kappa shape index (κ3) is 5.17. The van der Waals surface area contributed by atoms with Crippen LogP contribution in [0, 0.1) is 0 Å². The predicted octanol–water partition coefficient (Wildman–Crippen LogP) is 4.70. The number of carbonyl (C=O) groups is 2. The first-order valence-electron chi connectivity index (χ1n) is 10.2. The van der Waals surface area contributed by atoms with Crippen LogP contribution in [0.5, 0.6) is 5.75 Å². The van der Waals surface area contributed by atoms with Crippen molar-refractivity contribution in [3.05, 3.63) is 69.7 Å². The summed E-state index contributed by atoms with van der Waals surface area (Å²) in [4.78, 5) is 27.1. The Bertz CT molecular complexity index is 953. The van der Waals surface area contributed by atoms with E-state index in [-0.39, 0.29) is 24.5 Å². The number of unbranched alkanes of at least 4 members (excludes halogenated alkanes) is 1. The van der Waals surface area contributed by atoms with E-state index in [1.807, 2.05) is 24.3 Å². The van der Waals surface area contributed by atoms with E-state index in [2.05, 4.69) is 22.9 Å². The second kappa shape index (κ2) is 10.6. The molecule has 1 N–H and O–H groups in total. The molecule has 0 aromatic heterocycles. The number of rotatable bonds is 9. The summed E-state index contributed by atoms with van der Waals surface area (Å²) in [5.41, 5.74) is 1.26. The van der Waals surface area contributed by atoms with E-state index in [9.17, 15) is 14.7 Å². The molecule has 1 aliphatic heterocycles. The lowest BCUT2D eigenvalue weighted by Crippen LogP contribution is -2.32. The molecule has 2 aromatic rings. The minimum absolute atomic E-state index is 0.0723. The second-order valence-electron chi connectivity index (χ2n) is 7.26. The summed E-state index contributed by atoms with van der Waals surface area (Å²) in [6, 6.07) is 13.5. The van der Waals surface area contributed by atoms with E-state index in [0.717, 1.165) is 22.9 Å². The van der Waals surface area contributed by atoms with Crippen molar-refractivity contribution >= 4 is 33.4 Å². The zero-order chi connectivity index (χ0) is 22.4. The van der Waals surface area contributed by atoms with Crippen molar-refractivity contribution in [1.82, 2.24) is 4.90 Å². The summed E-state index contributed by atoms with van der Waals surface area (Å²) in [7, 11) is 1.54. The van der Waals surface area contributed by atoms with Crippen LogP contribution in [-0.2, 0) is 14.3 Å². The third-order valence-electron chi connectivity index (χ3n) is 5.16. The highest BCUT2D eigenvalue weighted by molar-refractivity contribution is 9.10. The van der Waals surface area contributed by atoms with Gasteiger partial charge in [-0.15, -0.1) is 0 Å². The molecule has 1 atom stereocenters. The fourth-order valence-corrected chi connectivity index (χ4v) is 3.76. The standard InChI is InChI=1S/C24H26BrNO5/c1-3-4-14-31-19-11-7-17(8-12-19)22(27)20-21(16-5-9-18(25)10-6-16)26(13-15-30-2)24(29)23(20)28/h5-12,21,27H,3-4,13-15H2,1-2H3/b22-20+. The van der Waals surface area contributed by atoms with E-state index < -0.39 is 17.7 Å². The van der Waals surface area contributed by atoms with Gasteiger partial charge in [0.25, 0.3) is 11.7 Å². The minimum Gasteiger partial charge on any atom is -0.507 e. The Morgan fingerprint density at radius 1 is 1.06 bits per heavy atom. The fraction of sp³-hybridized carbons (Fsp3) is 0.333. The smallest absolute Gasteiger partial charge is 0.295 e. The number of methoxy groups -OCH3 is 1. The molecule has 0 saturated carbocycles. The van der Waals surface area contributed by atoms with Gasteiger partial charge in [-0.2, -0.15) is 0 Å². The highest BCUT2D eigenvalue weighted by atomic mass is 79.9. The summed E-state index contributed by atoms with van der Waals surface area (Å²) in [6.07, 6.45) is 2.00. The highest BCUT2D eigenvalue weighted by Crippen LogP contribution is 2.39. The minimum atomic E-state index is -0.704. The Hall–Kier alpha value is -2.64. The van der Waals surface area contributed by atoms with E-state index in [0.29, 0.717) is 17.9 Å². The molecule has 1 unspecified atom stereocenters. The van der Waals surface area contributed by atoms with Crippen molar-refractivity contribution in [2.45, 2.75) is 25.8 Å². The summed E-state index contributed by atoms with van der Waals surface area (Å²) < 4.78 is 11.7. The number of Topliss-reactive ketones (excluding diaryl/α,β-unsaturated/α-hetero) is 1. The molecule has 31 heavy (non-hydrogen) atoms. The number of nitrogens with zero attached hydrogens (tertiary/aromatic N) is 1. The Morgan fingerprint density at radius 3 is 2.35 bits per heavy atom. The Labute approximate surface area is 190 Å². The van der Waals surface area contributed by atoms with Crippen LogP contribution in [0.15, 0.2) is 58.6 Å². The molecule has 0 aliphatic carbocycles. The van der Waals surface area contributed by atoms with Gasteiger partial charge in [0.15, 0.2) is 0 Å². The van der Waals surface area contributed by atoms with Gasteiger partial charge in [-0.25, -0.2) is 0 Å². The Kier molecular flexibility index (Phi) is 7.87. The molecule has 1 saturated heterocycles. The van der Waals surface area contributed by atoms with Crippen LogP contribution in [0.4, 0.5) is 0 Å². The van der Waals surface area contributed by atoms with E-state index in [1.165, 1.54) is 12.0 Å². The first-order valence-corrected chi connectivity index (χ1v) is 11.0. The van der Waals surface area contributed by atoms with Gasteiger partial charge < -0.3 is 19.5 Å². The molecule has 1 amide bonds. The van der Waals surface area contributed by atoms with Crippen LogP contribution in [-0.4, -0.2) is 48.6 Å². The number of hydrogen-bond donors (Lipinski definition) is 1. The molecule has 164 valence electrons. The Morgan fingerprint density at radius 2 is 1.74 bits per heavy atom. The van der Waals surface area contributed by atoms with Crippen LogP contribution in [0.2, 0.25) is 0 Å². The number of amides is 1. The van der Waals surface area contributed by atoms with E-state index >= 15 is 0 Å². The van der Waals surface area contributed by atoms with Gasteiger partial charge in [-0.1, -0.05) is 41.4 Å². The first kappa shape index (κ1) is 23.0. The SMILES string of the molecule is CCCCOc1ccc(/C(O)=C2\C(=O)C(=O)N(CCOC)C2c2ccc(Br)cc2)cc1. The second-order valence-corrected chi connectivity index (χ2v) is 8.18. The van der Waals surface area contributed by atoms with Crippen LogP contribution >= 0.6 is 15.9 Å². The van der Waals surface area contributed by atoms with E-state index in [1.54, 1.807) is 24.3 Å². The fourth-order valence-electron chi connectivity index (χ4n) is 3.49. The number of aliphatic hydroxyl groups is 1. The largest absolute Gasteiger partial charge is 0.507 e. The highest BCUT2D eigenvalue weighted by Gasteiger charge is 2.45. The average Bonchev–Trinajstić information content (AvgIpc) is 3.03. The van der Waals surface area contributed by atoms with Crippen molar-refractivity contribution in [3.63, 3.8) is 0 Å². The molecule has 1 fully saturated rings. The topological polar surface area (TPSA) is 76.1 Å². The van der Waals surface area contributed by atoms with Crippen LogP contribution < -0.4 is 4.74 Å². The van der Waals surface area contributed by atoms with Crippen LogP contribution in [0.3, 0.4) is 0 Å². The number of halogens is 1. The zero-order valence-electron chi connectivity index (χ0n) is 17.6. The zero-order valence-corrected chi connectivity index (χ0v) is 19.2. The normalized spacial score (nSPS) is 17.9. The maximum atomic E-state index is 12.9. The van der Waals surface area contributed by atoms with Gasteiger partial charge in [0.2, 0.25) is 0 Å². The van der Waals surface area contributed by atoms with Crippen molar-refractivity contribution in [2.24, 2.45) is 0 Å². The lowest BCUT2D eigenvalue weighted by Gasteiger charge is -2.25. The van der Waals surface area contributed by atoms with Crippen LogP contribution in [0.1, 0.15) is 36.9 Å². The lowest BCUT2D eigenvalue weighted by atomic mass is 9.95. The molecule has 2 aromatic carbocycles. The molecule has 6 nitrogen and oxygen atoms in total. The maximum absolute atomic E-state index is 12.9. The van der Waals surface area contributed by atoms with Gasteiger partial charge >= 0.3 is 0 Å². The lowest BCUT2D eigenvalue weighted by molar-refractivity contribution is -0.140. The van der Waals surface area contributed by atoms with Gasteiger partial charge in [-0.05, 0) is 48.4 Å². The number of ketones is 1. The molecule has 0 radical (unpaired) electrons. The molecule has 0 spiro atoms. The average molecular weight is 488 g/mol. The number of likely N-dealkylation sites (tertiary alicyclic amines) is 1. The van der Waals surface area contributed by atoms with Gasteiger partial charge in [0.1, 0.15) is 11.5 Å². The number of carbonyl (C=O) groups excluding carboxylic acids is 2. The number of ether oxygens (including phenoxy) is 2. The quantitative estimate of drug-likeness (QED) is 0.240. The molecular formula is C24H26BrNO5. The van der Waals surface area contributed by atoms with Crippen molar-refractivity contribution in [1.29, 1.82) is 0 Å². The summed E-state index contributed by atoms with van der Waals surface area (Å²) in [5.74, 6) is -0.864. The summed E-state index contributed by atoms with van der Waals surface area (Å²) in [5, 5.41) is 11.0. The molecule has 1 heterocycles. The van der Waals surface area contributed by atoms with Gasteiger partial charge in [-0.3, -0.25) is 9.59 Å². The summed E-state index contributed by atoms with van der Waals surface area (Å²) >= 11 is 3.40. The molecular weight excluding hydrogens is 462 g/mol. The third-order valence-corrected chi connectivity index (χ3v) is 5.69. The van der Waals surface area contributed by atoms with Crippen molar-refractivity contribution in [3.8, 4) is 5.75 Å². The summed E-state index contributed by atoms with van der Waals surface area (Å²) in [6.45, 7) is 3.23. The van der Waals surface area contributed by atoms with Gasteiger partial charge in [0, 0.05) is 23.7 Å². The molecule has 1 aliphatic rings. The van der Waals surface area contributed by atoms with Crippen LogP contribution in [0.25, 0.3) is 5.76 Å². The predicted molar refractivity (Wildman–Crippen MR) is 122 cm³/mol. The van der Waals surface area contributed by atoms with Gasteiger partial charge in [0.05, 0.1) is 24.8 Å². The maximum Gasteiger partial charge on any atom is 0.295 e. The number of aliphatic hydroxyl groups excluding tert-OH is 1. The molecule has 3 rings (SSSR count). The Balaban J connectivity index is 2.00. The van der Waals surface area contributed by atoms with Crippen molar-refractivity contribution in [2.75, 3.05) is 26.9 Å². The number of hydrogen-bond acceptors (Lipinski definition) is 5. The molecule has 0 bridgehead atoms. The molecule has 7 heteroatoms. The number of benzene rings is 2. The first-order chi connectivity index (χ1) is 15.0.